The fourth-order valence-corrected chi connectivity index (χ4v) is 2.74. The maximum absolute atomic E-state index is 12.6. The highest BCUT2D eigenvalue weighted by Crippen LogP contribution is 2.17. The molecule has 5 heteroatoms. The maximum Gasteiger partial charge on any atom is 0.257 e. The van der Waals surface area contributed by atoms with Crippen LogP contribution < -0.4 is 10.6 Å². The molecule has 2 aromatic carbocycles. The number of aromatic nitrogens is 1. The molecule has 0 aliphatic rings. The molecule has 2 N–H and O–H groups in total. The topological polar surface area (TPSA) is 71.1 Å². The van der Waals surface area contributed by atoms with Crippen molar-refractivity contribution in [3.8, 4) is 0 Å². The highest BCUT2D eigenvalue weighted by molar-refractivity contribution is 6.06. The Balaban J connectivity index is 1.68. The second-order valence-corrected chi connectivity index (χ2v) is 6.90. The zero-order valence-electron chi connectivity index (χ0n) is 16.2. The quantitative estimate of drug-likeness (QED) is 0.704. The molecule has 0 saturated heterocycles. The second-order valence-electron chi connectivity index (χ2n) is 6.90. The molecule has 0 fully saturated rings. The predicted octanol–water partition coefficient (Wildman–Crippen LogP) is 4.19. The van der Waals surface area contributed by atoms with Gasteiger partial charge < -0.3 is 10.6 Å². The van der Waals surface area contributed by atoms with Crippen LogP contribution in [0.1, 0.15) is 43.0 Å². The van der Waals surface area contributed by atoms with Gasteiger partial charge in [-0.15, -0.1) is 0 Å². The number of carbonyl (C=O) groups is 2. The summed E-state index contributed by atoms with van der Waals surface area (Å²) >= 11 is 0. The number of pyridine rings is 1. The van der Waals surface area contributed by atoms with Crippen molar-refractivity contribution < 1.29 is 9.59 Å². The number of benzene rings is 2. The van der Waals surface area contributed by atoms with Crippen LogP contribution in [0.4, 0.5) is 5.69 Å². The van der Waals surface area contributed by atoms with Crippen molar-refractivity contribution in [2.75, 3.05) is 5.32 Å². The predicted molar refractivity (Wildman–Crippen MR) is 110 cm³/mol. The Morgan fingerprint density at radius 3 is 2.18 bits per heavy atom. The zero-order chi connectivity index (χ0) is 20.1. The van der Waals surface area contributed by atoms with Crippen LogP contribution in [0.3, 0.4) is 0 Å². The summed E-state index contributed by atoms with van der Waals surface area (Å²) in [5.74, 6) is -0.566. The molecule has 28 heavy (non-hydrogen) atoms. The number of nitrogens with zero attached hydrogens (tertiary/aromatic N) is 1. The monoisotopic (exact) mass is 373 g/mol. The lowest BCUT2D eigenvalue weighted by Crippen LogP contribution is -2.23. The molecule has 0 radical (unpaired) electrons. The van der Waals surface area contributed by atoms with E-state index in [9.17, 15) is 9.59 Å². The van der Waals surface area contributed by atoms with E-state index < -0.39 is 0 Å². The molecule has 0 saturated carbocycles. The standard InChI is InChI=1S/C23H23N3O2/c1-15-5-8-18(9-6-15)12-25-22(27)19-11-20(14-24-13-19)23(28)26-21-10-16(2)4-7-17(21)3/h4-11,13-14H,12H2,1-3H3,(H,25,27)(H,26,28). The van der Waals surface area contributed by atoms with E-state index in [1.165, 1.54) is 18.0 Å². The summed E-state index contributed by atoms with van der Waals surface area (Å²) in [5.41, 5.74) is 5.64. The Bertz CT molecular complexity index is 1010. The molecule has 0 spiro atoms. The van der Waals surface area contributed by atoms with E-state index >= 15 is 0 Å². The average molecular weight is 373 g/mol. The summed E-state index contributed by atoms with van der Waals surface area (Å²) in [4.78, 5) is 29.1. The molecule has 0 atom stereocenters. The third-order valence-electron chi connectivity index (χ3n) is 4.48. The van der Waals surface area contributed by atoms with Gasteiger partial charge in [-0.1, -0.05) is 42.0 Å². The van der Waals surface area contributed by atoms with E-state index in [0.717, 1.165) is 22.4 Å². The molecule has 0 unspecified atom stereocenters. The number of anilines is 1. The first kappa shape index (κ1) is 19.3. The SMILES string of the molecule is Cc1ccc(CNC(=O)c2cncc(C(=O)Nc3cc(C)ccc3C)c2)cc1. The van der Waals surface area contributed by atoms with E-state index in [1.807, 2.05) is 63.2 Å². The van der Waals surface area contributed by atoms with Crippen molar-refractivity contribution in [1.29, 1.82) is 0 Å². The Labute approximate surface area is 164 Å². The van der Waals surface area contributed by atoms with Crippen LogP contribution in [0.15, 0.2) is 60.9 Å². The highest BCUT2D eigenvalue weighted by Gasteiger charge is 2.12. The lowest BCUT2D eigenvalue weighted by Gasteiger charge is -2.10. The number of hydrogen-bond donors (Lipinski definition) is 2. The van der Waals surface area contributed by atoms with Gasteiger partial charge in [-0.3, -0.25) is 14.6 Å². The first-order valence-corrected chi connectivity index (χ1v) is 9.10. The molecule has 1 heterocycles. The third kappa shape index (κ3) is 4.82. The molecule has 3 aromatic rings. The summed E-state index contributed by atoms with van der Waals surface area (Å²) in [6.07, 6.45) is 2.91. The van der Waals surface area contributed by atoms with Crippen molar-refractivity contribution in [3.05, 3.63) is 94.3 Å². The molecule has 1 aromatic heterocycles. The Kier molecular flexibility index (Phi) is 5.84. The zero-order valence-corrected chi connectivity index (χ0v) is 16.2. The molecular weight excluding hydrogens is 350 g/mol. The van der Waals surface area contributed by atoms with Gasteiger partial charge in [0.2, 0.25) is 0 Å². The minimum Gasteiger partial charge on any atom is -0.348 e. The summed E-state index contributed by atoms with van der Waals surface area (Å²) in [5, 5.41) is 5.74. The largest absolute Gasteiger partial charge is 0.348 e. The lowest BCUT2D eigenvalue weighted by atomic mass is 10.1. The van der Waals surface area contributed by atoms with Gasteiger partial charge in [0, 0.05) is 24.6 Å². The van der Waals surface area contributed by atoms with Gasteiger partial charge in [0.1, 0.15) is 0 Å². The fraction of sp³-hybridized carbons (Fsp3) is 0.174. The van der Waals surface area contributed by atoms with Crippen LogP contribution in [-0.4, -0.2) is 16.8 Å². The van der Waals surface area contributed by atoms with Gasteiger partial charge in [-0.05, 0) is 49.6 Å². The summed E-state index contributed by atoms with van der Waals surface area (Å²) < 4.78 is 0. The molecule has 5 nitrogen and oxygen atoms in total. The number of hydrogen-bond acceptors (Lipinski definition) is 3. The van der Waals surface area contributed by atoms with Crippen molar-refractivity contribution in [1.82, 2.24) is 10.3 Å². The van der Waals surface area contributed by atoms with Gasteiger partial charge >= 0.3 is 0 Å². The molecule has 2 amide bonds. The van der Waals surface area contributed by atoms with Crippen molar-refractivity contribution in [2.24, 2.45) is 0 Å². The van der Waals surface area contributed by atoms with E-state index in [-0.39, 0.29) is 11.8 Å². The van der Waals surface area contributed by atoms with E-state index in [2.05, 4.69) is 15.6 Å². The van der Waals surface area contributed by atoms with Crippen LogP contribution in [0.25, 0.3) is 0 Å². The van der Waals surface area contributed by atoms with Gasteiger partial charge in [-0.25, -0.2) is 0 Å². The van der Waals surface area contributed by atoms with Crippen molar-refractivity contribution in [3.63, 3.8) is 0 Å². The minimum atomic E-state index is -0.297. The maximum atomic E-state index is 12.6. The van der Waals surface area contributed by atoms with Gasteiger partial charge in [0.15, 0.2) is 0 Å². The van der Waals surface area contributed by atoms with E-state index in [4.69, 9.17) is 0 Å². The number of aryl methyl sites for hydroxylation is 3. The highest BCUT2D eigenvalue weighted by atomic mass is 16.2. The number of amides is 2. The molecule has 0 aliphatic heterocycles. The van der Waals surface area contributed by atoms with Gasteiger partial charge in [0.05, 0.1) is 11.1 Å². The van der Waals surface area contributed by atoms with E-state index in [1.54, 1.807) is 6.07 Å². The minimum absolute atomic E-state index is 0.269. The number of rotatable bonds is 5. The van der Waals surface area contributed by atoms with Crippen molar-refractivity contribution >= 4 is 17.5 Å². The van der Waals surface area contributed by atoms with Crippen LogP contribution in [0, 0.1) is 20.8 Å². The molecular formula is C23H23N3O2. The Hall–Kier alpha value is -3.47. The van der Waals surface area contributed by atoms with Crippen LogP contribution in [0.5, 0.6) is 0 Å². The second kappa shape index (κ2) is 8.48. The van der Waals surface area contributed by atoms with Crippen LogP contribution in [0.2, 0.25) is 0 Å². The van der Waals surface area contributed by atoms with Gasteiger partial charge in [-0.2, -0.15) is 0 Å². The van der Waals surface area contributed by atoms with Crippen LogP contribution in [-0.2, 0) is 6.54 Å². The molecule has 3 rings (SSSR count). The Morgan fingerprint density at radius 2 is 1.46 bits per heavy atom. The first-order chi connectivity index (χ1) is 13.4. The molecule has 0 bridgehead atoms. The summed E-state index contributed by atoms with van der Waals surface area (Å²) in [6, 6.07) is 15.4. The average Bonchev–Trinajstić information content (AvgIpc) is 2.70. The van der Waals surface area contributed by atoms with E-state index in [0.29, 0.717) is 17.7 Å². The fourth-order valence-electron chi connectivity index (χ4n) is 2.74. The van der Waals surface area contributed by atoms with Crippen molar-refractivity contribution in [2.45, 2.75) is 27.3 Å². The molecule has 142 valence electrons. The smallest absolute Gasteiger partial charge is 0.257 e. The first-order valence-electron chi connectivity index (χ1n) is 9.10. The lowest BCUT2D eigenvalue weighted by molar-refractivity contribution is 0.0950. The summed E-state index contributed by atoms with van der Waals surface area (Å²) in [6.45, 7) is 6.33. The van der Waals surface area contributed by atoms with Crippen LogP contribution >= 0.6 is 0 Å². The Morgan fingerprint density at radius 1 is 0.821 bits per heavy atom. The number of carbonyl (C=O) groups excluding carboxylic acids is 2. The van der Waals surface area contributed by atoms with Gasteiger partial charge in [0.25, 0.3) is 11.8 Å². The summed E-state index contributed by atoms with van der Waals surface area (Å²) in [7, 11) is 0. The molecule has 0 aliphatic carbocycles. The normalized spacial score (nSPS) is 10.4. The number of nitrogens with one attached hydrogen (secondary N) is 2. The third-order valence-corrected chi connectivity index (χ3v) is 4.48.